The predicted molar refractivity (Wildman–Crippen MR) is 76.6 cm³/mol. The number of hydrogen-bond acceptors (Lipinski definition) is 2. The summed E-state index contributed by atoms with van der Waals surface area (Å²) in [5.41, 5.74) is -0.561. The number of nitrogens with zero attached hydrogens (tertiary/aromatic N) is 1. The number of likely N-dealkylation sites (N-methyl/N-ethyl adjacent to an activating group) is 1. The van der Waals surface area contributed by atoms with Gasteiger partial charge in [0.15, 0.2) is 0 Å². The molecule has 0 aliphatic rings. The number of halogens is 2. The number of carboxylic acids is 1. The van der Waals surface area contributed by atoms with Crippen LogP contribution in [-0.2, 0) is 4.79 Å². The van der Waals surface area contributed by atoms with Crippen LogP contribution in [0.5, 0.6) is 0 Å². The maximum atomic E-state index is 13.9. The van der Waals surface area contributed by atoms with Crippen molar-refractivity contribution >= 4 is 21.9 Å². The maximum absolute atomic E-state index is 13.9. The molecule has 1 unspecified atom stereocenters. The molecule has 106 valence electrons. The number of rotatable bonds is 5. The fourth-order valence-corrected chi connectivity index (χ4v) is 2.66. The maximum Gasteiger partial charge on any atom is 0.323 e. The van der Waals surface area contributed by atoms with Gasteiger partial charge in [0, 0.05) is 16.1 Å². The van der Waals surface area contributed by atoms with Gasteiger partial charge in [0.05, 0.1) is 0 Å². The van der Waals surface area contributed by atoms with Gasteiger partial charge in [-0.1, -0.05) is 22.9 Å². The van der Waals surface area contributed by atoms with Gasteiger partial charge in [0.25, 0.3) is 0 Å². The zero-order valence-electron chi connectivity index (χ0n) is 11.6. The highest BCUT2D eigenvalue weighted by Gasteiger charge is 2.37. The number of hydrogen-bond donors (Lipinski definition) is 1. The van der Waals surface area contributed by atoms with Crippen molar-refractivity contribution in [2.75, 3.05) is 6.54 Å². The van der Waals surface area contributed by atoms with Crippen molar-refractivity contribution in [2.24, 2.45) is 0 Å². The van der Waals surface area contributed by atoms with Gasteiger partial charge >= 0.3 is 5.97 Å². The number of benzene rings is 1. The van der Waals surface area contributed by atoms with E-state index in [1.165, 1.54) is 6.07 Å². The molecule has 0 aliphatic heterocycles. The van der Waals surface area contributed by atoms with E-state index in [4.69, 9.17) is 0 Å². The van der Waals surface area contributed by atoms with E-state index in [0.717, 1.165) is 4.47 Å². The van der Waals surface area contributed by atoms with Crippen molar-refractivity contribution in [3.8, 4) is 0 Å². The summed E-state index contributed by atoms with van der Waals surface area (Å²) in [4.78, 5) is 13.1. The van der Waals surface area contributed by atoms with Crippen LogP contribution in [-0.4, -0.2) is 28.1 Å². The second kappa shape index (κ2) is 6.01. The van der Waals surface area contributed by atoms with Gasteiger partial charge in [-0.2, -0.15) is 0 Å². The third-order valence-corrected chi connectivity index (χ3v) is 3.95. The van der Waals surface area contributed by atoms with Crippen molar-refractivity contribution < 1.29 is 14.3 Å². The minimum absolute atomic E-state index is 0.324. The Morgan fingerprint density at radius 2 is 2.11 bits per heavy atom. The Kier molecular flexibility index (Phi) is 5.10. The van der Waals surface area contributed by atoms with Gasteiger partial charge < -0.3 is 5.11 Å². The lowest BCUT2D eigenvalue weighted by Gasteiger charge is -2.39. The van der Waals surface area contributed by atoms with Crippen LogP contribution >= 0.6 is 15.9 Å². The monoisotopic (exact) mass is 331 g/mol. The average molecular weight is 332 g/mol. The molecule has 0 spiro atoms. The Labute approximate surface area is 121 Å². The van der Waals surface area contributed by atoms with Gasteiger partial charge in [-0.15, -0.1) is 0 Å². The molecule has 0 saturated heterocycles. The molecule has 0 aromatic heterocycles. The molecule has 0 radical (unpaired) electrons. The quantitative estimate of drug-likeness (QED) is 0.891. The normalized spacial score (nSPS) is 13.6. The summed E-state index contributed by atoms with van der Waals surface area (Å²) in [5, 5.41) is 9.32. The van der Waals surface area contributed by atoms with Crippen LogP contribution in [0.3, 0.4) is 0 Å². The number of aliphatic carboxylic acids is 1. The van der Waals surface area contributed by atoms with Gasteiger partial charge in [-0.3, -0.25) is 9.69 Å². The molecule has 1 aromatic carbocycles. The van der Waals surface area contributed by atoms with Crippen molar-refractivity contribution in [1.29, 1.82) is 0 Å². The van der Waals surface area contributed by atoms with E-state index in [0.29, 0.717) is 12.1 Å². The fourth-order valence-electron chi connectivity index (χ4n) is 2.28. The van der Waals surface area contributed by atoms with E-state index in [1.54, 1.807) is 30.9 Å². The second-order valence-corrected chi connectivity index (χ2v) is 5.91. The first-order chi connectivity index (χ1) is 8.71. The average Bonchev–Trinajstić information content (AvgIpc) is 2.32. The molecule has 19 heavy (non-hydrogen) atoms. The molecule has 0 bridgehead atoms. The highest BCUT2D eigenvalue weighted by atomic mass is 79.9. The second-order valence-electron chi connectivity index (χ2n) is 4.99. The summed E-state index contributed by atoms with van der Waals surface area (Å²) in [7, 11) is 0. The first kappa shape index (κ1) is 16.1. The topological polar surface area (TPSA) is 40.5 Å². The van der Waals surface area contributed by atoms with Gasteiger partial charge in [-0.25, -0.2) is 4.39 Å². The van der Waals surface area contributed by atoms with Crippen molar-refractivity contribution in [1.82, 2.24) is 4.90 Å². The summed E-state index contributed by atoms with van der Waals surface area (Å²) in [5.74, 6) is -1.24. The molecule has 0 heterocycles. The van der Waals surface area contributed by atoms with E-state index in [-0.39, 0.29) is 11.9 Å². The third kappa shape index (κ3) is 3.34. The molecule has 0 amide bonds. The minimum atomic E-state index is -1.05. The lowest BCUT2D eigenvalue weighted by Crippen LogP contribution is -2.51. The highest BCUT2D eigenvalue weighted by molar-refractivity contribution is 9.10. The Balaban J connectivity index is 3.19. The van der Waals surface area contributed by atoms with Gasteiger partial charge in [0.1, 0.15) is 11.4 Å². The first-order valence-electron chi connectivity index (χ1n) is 6.16. The summed E-state index contributed by atoms with van der Waals surface area (Å²) < 4.78 is 14.7. The van der Waals surface area contributed by atoms with Crippen LogP contribution in [0.25, 0.3) is 0 Å². The molecule has 0 fully saturated rings. The highest BCUT2D eigenvalue weighted by Crippen LogP contribution is 2.31. The van der Waals surface area contributed by atoms with Crippen molar-refractivity contribution in [3.63, 3.8) is 0 Å². The van der Waals surface area contributed by atoms with Crippen molar-refractivity contribution in [2.45, 2.75) is 39.3 Å². The van der Waals surface area contributed by atoms with E-state index >= 15 is 0 Å². The third-order valence-electron chi connectivity index (χ3n) is 3.46. The van der Waals surface area contributed by atoms with Crippen LogP contribution in [0.15, 0.2) is 22.7 Å². The number of carbonyl (C=O) groups is 1. The lowest BCUT2D eigenvalue weighted by atomic mass is 9.97. The Bertz CT molecular complexity index is 477. The molecule has 5 heteroatoms. The standard InChI is InChI=1S/C14H19BrFNO2/c1-5-17(14(3,4)13(18)19)9(2)11-8-10(15)6-7-12(11)16/h6-9H,5H2,1-4H3,(H,18,19). The molecule has 1 N–H and O–H groups in total. The summed E-state index contributed by atoms with van der Waals surface area (Å²) in [6.45, 7) is 7.47. The fraction of sp³-hybridized carbons (Fsp3) is 0.500. The Morgan fingerprint density at radius 1 is 1.53 bits per heavy atom. The summed E-state index contributed by atoms with van der Waals surface area (Å²) >= 11 is 3.31. The summed E-state index contributed by atoms with van der Waals surface area (Å²) in [6.07, 6.45) is 0. The first-order valence-corrected chi connectivity index (χ1v) is 6.96. The van der Waals surface area contributed by atoms with E-state index in [2.05, 4.69) is 15.9 Å². The predicted octanol–water partition coefficient (Wildman–Crippen LogP) is 3.83. The summed E-state index contributed by atoms with van der Waals surface area (Å²) in [6, 6.07) is 4.39. The number of carboxylic acid groups (broad SMARTS) is 1. The van der Waals surface area contributed by atoms with Crippen LogP contribution in [0.1, 0.15) is 39.3 Å². The molecule has 1 rings (SSSR count). The largest absolute Gasteiger partial charge is 0.480 e. The zero-order chi connectivity index (χ0) is 14.8. The minimum Gasteiger partial charge on any atom is -0.480 e. The zero-order valence-corrected chi connectivity index (χ0v) is 13.2. The molecule has 0 aliphatic carbocycles. The molecule has 3 nitrogen and oxygen atoms in total. The van der Waals surface area contributed by atoms with Crippen LogP contribution in [0.4, 0.5) is 4.39 Å². The van der Waals surface area contributed by atoms with E-state index in [1.807, 2.05) is 13.8 Å². The van der Waals surface area contributed by atoms with Crippen LogP contribution in [0, 0.1) is 5.82 Å². The van der Waals surface area contributed by atoms with Gasteiger partial charge in [-0.05, 0) is 45.5 Å². The van der Waals surface area contributed by atoms with Crippen LogP contribution in [0.2, 0.25) is 0 Å². The molecule has 0 saturated carbocycles. The SMILES string of the molecule is CCN(C(C)c1cc(Br)ccc1F)C(C)(C)C(=O)O. The molecular formula is C14H19BrFNO2. The Hall–Kier alpha value is -0.940. The molecule has 1 aromatic rings. The van der Waals surface area contributed by atoms with E-state index < -0.39 is 11.5 Å². The smallest absolute Gasteiger partial charge is 0.323 e. The molecule has 1 atom stereocenters. The Morgan fingerprint density at radius 3 is 2.58 bits per heavy atom. The molecular weight excluding hydrogens is 313 g/mol. The van der Waals surface area contributed by atoms with Crippen LogP contribution < -0.4 is 0 Å². The van der Waals surface area contributed by atoms with Gasteiger partial charge in [0.2, 0.25) is 0 Å². The van der Waals surface area contributed by atoms with Crippen molar-refractivity contribution in [3.05, 3.63) is 34.1 Å². The lowest BCUT2D eigenvalue weighted by molar-refractivity contribution is -0.150. The van der Waals surface area contributed by atoms with E-state index in [9.17, 15) is 14.3 Å².